The Balaban J connectivity index is 1.10. The molecule has 0 bridgehead atoms. The molecule has 5 saturated carbocycles. The zero-order valence-corrected chi connectivity index (χ0v) is 35.8. The van der Waals surface area contributed by atoms with E-state index in [9.17, 15) is 24.6 Å². The fourth-order valence-electron chi connectivity index (χ4n) is 14.6. The number of hydrogen-bond donors (Lipinski definition) is 3. The number of carboxylic acid groups (broad SMARTS) is 1. The molecule has 1 aromatic carbocycles. The first-order chi connectivity index (χ1) is 25.6. The summed E-state index contributed by atoms with van der Waals surface area (Å²) in [5.74, 6) is -0.402. The first-order valence-electron chi connectivity index (χ1n) is 21.5. The highest BCUT2D eigenvalue weighted by atomic mass is 35.5. The maximum atomic E-state index is 14.1. The molecule has 11 atom stereocenters. The van der Waals surface area contributed by atoms with Crippen LogP contribution in [0.25, 0.3) is 0 Å². The second-order valence-corrected chi connectivity index (χ2v) is 21.7. The quantitative estimate of drug-likeness (QED) is 0.160. The van der Waals surface area contributed by atoms with Gasteiger partial charge in [-0.15, -0.1) is 0 Å². The Morgan fingerprint density at radius 1 is 0.873 bits per heavy atom. The number of ketones is 1. The van der Waals surface area contributed by atoms with Crippen LogP contribution in [0.1, 0.15) is 132 Å². The molecule has 6 aliphatic carbocycles. The van der Waals surface area contributed by atoms with E-state index in [1.807, 2.05) is 26.0 Å². The molecule has 0 saturated heterocycles. The third kappa shape index (κ3) is 6.12. The van der Waals surface area contributed by atoms with Gasteiger partial charge in [0.2, 0.25) is 0 Å². The second-order valence-electron chi connectivity index (χ2n) is 21.2. The van der Waals surface area contributed by atoms with E-state index in [-0.39, 0.29) is 57.3 Å². The number of halogens is 1. The van der Waals surface area contributed by atoms with Crippen molar-refractivity contribution in [2.45, 2.75) is 145 Å². The minimum atomic E-state index is -0.828. The maximum Gasteiger partial charge on any atom is 0.309 e. The van der Waals surface area contributed by atoms with Crippen molar-refractivity contribution >= 4 is 29.3 Å². The van der Waals surface area contributed by atoms with Crippen molar-refractivity contribution in [2.75, 3.05) is 13.1 Å². The summed E-state index contributed by atoms with van der Waals surface area (Å²) in [6.07, 6.45) is 8.81. The van der Waals surface area contributed by atoms with Crippen LogP contribution < -0.4 is 5.32 Å². The molecule has 0 aliphatic heterocycles. The van der Waals surface area contributed by atoms with Gasteiger partial charge in [0.05, 0.1) is 17.9 Å². The van der Waals surface area contributed by atoms with Crippen LogP contribution in [0.4, 0.5) is 0 Å². The van der Waals surface area contributed by atoms with E-state index in [1.54, 1.807) is 0 Å². The molecule has 8 heteroatoms. The number of esters is 1. The van der Waals surface area contributed by atoms with Gasteiger partial charge in [0.1, 0.15) is 6.10 Å². The Morgan fingerprint density at radius 3 is 2.20 bits per heavy atom. The van der Waals surface area contributed by atoms with Gasteiger partial charge >= 0.3 is 11.9 Å². The van der Waals surface area contributed by atoms with Gasteiger partial charge < -0.3 is 20.3 Å². The molecule has 0 radical (unpaired) electrons. The van der Waals surface area contributed by atoms with Crippen LogP contribution in [-0.4, -0.2) is 53.2 Å². The van der Waals surface area contributed by atoms with E-state index in [2.05, 4.69) is 65.9 Å². The average molecular weight is 779 g/mol. The van der Waals surface area contributed by atoms with Crippen LogP contribution >= 0.6 is 11.6 Å². The number of fused-ring (bicyclic) bond motifs is 7. The normalized spacial score (nSPS) is 40.7. The number of Topliss-reactive ketones (excluding diaryl/α,β-unsaturated/α-hetero) is 1. The zero-order chi connectivity index (χ0) is 40.1. The van der Waals surface area contributed by atoms with Crippen LogP contribution in [0.15, 0.2) is 35.4 Å². The molecule has 304 valence electrons. The van der Waals surface area contributed by atoms with Gasteiger partial charge in [-0.2, -0.15) is 0 Å². The smallest absolute Gasteiger partial charge is 0.309 e. The Hall–Kier alpha value is -2.22. The second kappa shape index (κ2) is 14.0. The van der Waals surface area contributed by atoms with Crippen molar-refractivity contribution in [2.24, 2.45) is 68.0 Å². The third-order valence-electron chi connectivity index (χ3n) is 18.0. The molecule has 7 nitrogen and oxygen atoms in total. The Labute approximate surface area is 335 Å². The van der Waals surface area contributed by atoms with Gasteiger partial charge in [0.15, 0.2) is 5.78 Å². The summed E-state index contributed by atoms with van der Waals surface area (Å²) < 4.78 is 6.42. The maximum absolute atomic E-state index is 14.1. The number of carboxylic acids is 1. The first kappa shape index (κ1) is 41.0. The highest BCUT2D eigenvalue weighted by Crippen LogP contribution is 2.77. The summed E-state index contributed by atoms with van der Waals surface area (Å²) in [5.41, 5.74) is 2.34. The van der Waals surface area contributed by atoms with Crippen LogP contribution in [-0.2, 0) is 25.5 Å². The number of benzene rings is 1. The van der Waals surface area contributed by atoms with E-state index in [0.29, 0.717) is 31.2 Å². The predicted molar refractivity (Wildman–Crippen MR) is 216 cm³/mol. The predicted octanol–water partition coefficient (Wildman–Crippen LogP) is 9.47. The van der Waals surface area contributed by atoms with Crippen molar-refractivity contribution in [3.05, 3.63) is 46.0 Å². The molecule has 1 aromatic rings. The topological polar surface area (TPSA) is 113 Å². The van der Waals surface area contributed by atoms with E-state index < -0.39 is 28.8 Å². The zero-order valence-electron chi connectivity index (χ0n) is 35.0. The fraction of sp³-hybridized carbons (Fsp3) is 0.766. The van der Waals surface area contributed by atoms with Crippen LogP contribution in [0, 0.1) is 68.0 Å². The highest BCUT2D eigenvalue weighted by Gasteiger charge is 2.71. The van der Waals surface area contributed by atoms with Gasteiger partial charge in [0.25, 0.3) is 0 Å². The lowest BCUT2D eigenvalue weighted by atomic mass is 9.33. The summed E-state index contributed by atoms with van der Waals surface area (Å²) in [6, 6.07) is 7.94. The van der Waals surface area contributed by atoms with Crippen molar-refractivity contribution in [3.8, 4) is 0 Å². The molecular weight excluding hydrogens is 710 g/mol. The van der Waals surface area contributed by atoms with Crippen molar-refractivity contribution in [3.63, 3.8) is 0 Å². The van der Waals surface area contributed by atoms with Gasteiger partial charge in [0, 0.05) is 28.8 Å². The molecule has 3 N–H and O–H groups in total. The summed E-state index contributed by atoms with van der Waals surface area (Å²) in [5, 5.41) is 26.1. The first-order valence-corrected chi connectivity index (χ1v) is 21.9. The summed E-state index contributed by atoms with van der Waals surface area (Å²) >= 11 is 6.09. The molecule has 7 rings (SSSR count). The van der Waals surface area contributed by atoms with Crippen LogP contribution in [0.3, 0.4) is 0 Å². The van der Waals surface area contributed by atoms with E-state index in [4.69, 9.17) is 16.3 Å². The average Bonchev–Trinajstić information content (AvgIpc) is 3.41. The molecule has 5 fully saturated rings. The van der Waals surface area contributed by atoms with Crippen LogP contribution in [0.2, 0.25) is 5.02 Å². The van der Waals surface area contributed by atoms with Gasteiger partial charge in [-0.05, 0) is 139 Å². The van der Waals surface area contributed by atoms with Gasteiger partial charge in [-0.3, -0.25) is 14.4 Å². The Morgan fingerprint density at radius 2 is 1.56 bits per heavy atom. The Kier molecular flexibility index (Phi) is 10.4. The summed E-state index contributed by atoms with van der Waals surface area (Å²) in [7, 11) is 0. The number of aliphatic hydroxyl groups is 1. The number of rotatable bonds is 10. The Bertz CT molecular complexity index is 1730. The monoisotopic (exact) mass is 777 g/mol. The minimum Gasteiger partial charge on any atom is -0.481 e. The standard InChI is InChI=1S/C47H68ClNO6/c1-27(2)38-33(50)25-47(36(51)26-49-23-18-28-10-12-29(48)13-11-28)22-21-45(8)30(39(38)47)14-15-35-44(7)19-17-37(43(5,6)34(44)16-20-46(35,45)9)55-41(54)32-24-31(40(52)53)42(32,3)4/h10-13,27,30-32,34-37,49,51H,14-26H2,1-9H3,(H,52,53)/t30-,31+,32-,34+,35-,36+,37+,44+,45-,46-,47+/m1/s1. The number of carbonyl (C=O) groups excluding carboxylic acids is 2. The van der Waals surface area contributed by atoms with Crippen molar-refractivity contribution in [1.29, 1.82) is 0 Å². The lowest BCUT2D eigenvalue weighted by molar-refractivity contribution is -0.238. The molecule has 0 unspecified atom stereocenters. The number of ether oxygens (including phenoxy) is 1. The number of hydrogen-bond acceptors (Lipinski definition) is 6. The summed E-state index contributed by atoms with van der Waals surface area (Å²) in [6.45, 7) is 21.6. The summed E-state index contributed by atoms with van der Waals surface area (Å²) in [4.78, 5) is 39.5. The number of nitrogens with one attached hydrogen (secondary N) is 1. The molecule has 0 spiro atoms. The highest BCUT2D eigenvalue weighted by molar-refractivity contribution is 6.30. The SMILES string of the molecule is CC(C)C1=C2[C@H]3CC[C@@H]4[C@@]5(C)CC[C@H](OC(=O)[C@H]6C[C@@H](C(=O)O)C6(C)C)C(C)(C)[C@@H]5CC[C@@]4(C)[C@]3(C)CC[C@@]2([C@@H](O)CNCCc2ccc(Cl)cc2)CC1=O. The molecular formula is C47H68ClNO6. The third-order valence-corrected chi connectivity index (χ3v) is 18.3. The molecule has 55 heavy (non-hydrogen) atoms. The van der Waals surface area contributed by atoms with Gasteiger partial charge in [-0.25, -0.2) is 0 Å². The lowest BCUT2D eigenvalue weighted by Gasteiger charge is -2.72. The number of allylic oxidation sites excluding steroid dienone is 1. The van der Waals surface area contributed by atoms with Crippen LogP contribution in [0.5, 0.6) is 0 Å². The van der Waals surface area contributed by atoms with E-state index >= 15 is 0 Å². The van der Waals surface area contributed by atoms with Gasteiger partial charge in [-0.1, -0.05) is 91.6 Å². The van der Waals surface area contributed by atoms with Crippen molar-refractivity contribution in [1.82, 2.24) is 5.32 Å². The number of carbonyl (C=O) groups is 3. The molecule has 6 aliphatic rings. The largest absolute Gasteiger partial charge is 0.481 e. The number of aliphatic carboxylic acids is 1. The molecule has 0 heterocycles. The fourth-order valence-corrected chi connectivity index (χ4v) is 14.7. The van der Waals surface area contributed by atoms with E-state index in [0.717, 1.165) is 74.9 Å². The van der Waals surface area contributed by atoms with Crippen molar-refractivity contribution < 1.29 is 29.3 Å². The molecule has 0 aromatic heterocycles. The number of aliphatic hydroxyl groups excluding tert-OH is 1. The lowest BCUT2D eigenvalue weighted by Crippen LogP contribution is -2.66. The molecule has 0 amide bonds. The van der Waals surface area contributed by atoms with E-state index in [1.165, 1.54) is 11.1 Å². The minimum absolute atomic E-state index is 0.000827.